The van der Waals surface area contributed by atoms with Gasteiger partial charge in [-0.2, -0.15) is 0 Å². The number of carbonyl (C=O) groups is 1. The molecule has 0 radical (unpaired) electrons. The average Bonchev–Trinajstić information content (AvgIpc) is 2.36. The van der Waals surface area contributed by atoms with Gasteiger partial charge < -0.3 is 5.73 Å². The molecule has 1 atom stereocenters. The zero-order chi connectivity index (χ0) is 14.4. The molecular formula is C16H24FNO. The predicted molar refractivity (Wildman–Crippen MR) is 76.7 cm³/mol. The second kappa shape index (κ2) is 7.39. The quantitative estimate of drug-likeness (QED) is 0.764. The highest BCUT2D eigenvalue weighted by atomic mass is 19.1. The van der Waals surface area contributed by atoms with Gasteiger partial charge >= 0.3 is 0 Å². The highest BCUT2D eigenvalue weighted by Gasteiger charge is 2.17. The van der Waals surface area contributed by atoms with E-state index in [4.69, 9.17) is 5.73 Å². The van der Waals surface area contributed by atoms with Crippen LogP contribution in [0.3, 0.4) is 0 Å². The molecule has 1 aromatic rings. The standard InChI is InChI=1S/C16H24FNO/c1-11(2)13(8-9-18)5-7-16(19)14-10-12(3)4-6-15(14)17/h4,6,10-11,13H,5,7-9,18H2,1-3H3. The first kappa shape index (κ1) is 15.8. The number of rotatable bonds is 7. The van der Waals surface area contributed by atoms with Crippen LogP contribution >= 0.6 is 0 Å². The van der Waals surface area contributed by atoms with E-state index in [1.54, 1.807) is 12.1 Å². The minimum atomic E-state index is -0.421. The Morgan fingerprint density at radius 3 is 2.58 bits per heavy atom. The smallest absolute Gasteiger partial charge is 0.165 e. The molecule has 0 spiro atoms. The number of Topliss-reactive ketones (excluding diaryl/α,β-unsaturated/α-hetero) is 1. The van der Waals surface area contributed by atoms with Crippen LogP contribution in [-0.4, -0.2) is 12.3 Å². The molecule has 1 unspecified atom stereocenters. The topological polar surface area (TPSA) is 43.1 Å². The van der Waals surface area contributed by atoms with E-state index < -0.39 is 5.82 Å². The Labute approximate surface area is 115 Å². The molecule has 2 nitrogen and oxygen atoms in total. The van der Waals surface area contributed by atoms with Crippen LogP contribution in [0.4, 0.5) is 4.39 Å². The van der Waals surface area contributed by atoms with Gasteiger partial charge in [-0.1, -0.05) is 25.5 Å². The minimum Gasteiger partial charge on any atom is -0.330 e. The maximum absolute atomic E-state index is 13.6. The monoisotopic (exact) mass is 265 g/mol. The Hall–Kier alpha value is -1.22. The molecule has 0 saturated heterocycles. The summed E-state index contributed by atoms with van der Waals surface area (Å²) in [5.41, 5.74) is 6.71. The van der Waals surface area contributed by atoms with Crippen LogP contribution in [0.1, 0.15) is 49.0 Å². The molecule has 106 valence electrons. The number of carbonyl (C=O) groups excluding carboxylic acids is 1. The van der Waals surface area contributed by atoms with E-state index >= 15 is 0 Å². The van der Waals surface area contributed by atoms with Crippen LogP contribution in [-0.2, 0) is 0 Å². The Kier molecular flexibility index (Phi) is 6.16. The highest BCUT2D eigenvalue weighted by Crippen LogP contribution is 2.22. The predicted octanol–water partition coefficient (Wildman–Crippen LogP) is 3.72. The van der Waals surface area contributed by atoms with Gasteiger partial charge in [0.1, 0.15) is 5.82 Å². The lowest BCUT2D eigenvalue weighted by atomic mass is 9.87. The average molecular weight is 265 g/mol. The van der Waals surface area contributed by atoms with Gasteiger partial charge in [-0.05, 0) is 50.3 Å². The van der Waals surface area contributed by atoms with Crippen LogP contribution in [0.25, 0.3) is 0 Å². The van der Waals surface area contributed by atoms with Crippen molar-refractivity contribution in [2.24, 2.45) is 17.6 Å². The maximum Gasteiger partial charge on any atom is 0.165 e. The van der Waals surface area contributed by atoms with E-state index in [0.717, 1.165) is 18.4 Å². The number of ketones is 1. The van der Waals surface area contributed by atoms with E-state index in [2.05, 4.69) is 13.8 Å². The van der Waals surface area contributed by atoms with Crippen LogP contribution in [0.5, 0.6) is 0 Å². The fourth-order valence-corrected chi connectivity index (χ4v) is 2.33. The summed E-state index contributed by atoms with van der Waals surface area (Å²) in [5, 5.41) is 0. The van der Waals surface area contributed by atoms with Crippen molar-refractivity contribution in [3.63, 3.8) is 0 Å². The van der Waals surface area contributed by atoms with E-state index in [1.807, 2.05) is 6.92 Å². The van der Waals surface area contributed by atoms with Crippen molar-refractivity contribution >= 4 is 5.78 Å². The number of aryl methyl sites for hydroxylation is 1. The normalized spacial score (nSPS) is 12.7. The van der Waals surface area contributed by atoms with Crippen molar-refractivity contribution in [2.75, 3.05) is 6.54 Å². The number of halogens is 1. The summed E-state index contributed by atoms with van der Waals surface area (Å²) in [6.07, 6.45) is 2.09. The molecular weight excluding hydrogens is 241 g/mol. The Bertz CT molecular complexity index is 429. The molecule has 19 heavy (non-hydrogen) atoms. The first-order valence-corrected chi connectivity index (χ1v) is 6.95. The first-order valence-electron chi connectivity index (χ1n) is 6.95. The number of hydrogen-bond acceptors (Lipinski definition) is 2. The van der Waals surface area contributed by atoms with Gasteiger partial charge in [0.2, 0.25) is 0 Å². The molecule has 0 aliphatic rings. The number of nitrogens with two attached hydrogens (primary N) is 1. The molecule has 3 heteroatoms. The SMILES string of the molecule is Cc1ccc(F)c(C(=O)CCC(CCN)C(C)C)c1. The summed E-state index contributed by atoms with van der Waals surface area (Å²) in [6, 6.07) is 4.67. The van der Waals surface area contributed by atoms with E-state index in [0.29, 0.717) is 24.8 Å². The summed E-state index contributed by atoms with van der Waals surface area (Å²) < 4.78 is 13.6. The molecule has 0 aromatic heterocycles. The van der Waals surface area contributed by atoms with Crippen molar-refractivity contribution in [3.8, 4) is 0 Å². The summed E-state index contributed by atoms with van der Waals surface area (Å²) in [4.78, 5) is 12.1. The third kappa shape index (κ3) is 4.75. The molecule has 0 aliphatic carbocycles. The molecule has 0 fully saturated rings. The Morgan fingerprint density at radius 2 is 2.00 bits per heavy atom. The molecule has 1 aromatic carbocycles. The van der Waals surface area contributed by atoms with Crippen LogP contribution in [0.2, 0.25) is 0 Å². The van der Waals surface area contributed by atoms with E-state index in [9.17, 15) is 9.18 Å². The Morgan fingerprint density at radius 1 is 1.32 bits per heavy atom. The molecule has 0 amide bonds. The fraction of sp³-hybridized carbons (Fsp3) is 0.562. The molecule has 0 saturated carbocycles. The van der Waals surface area contributed by atoms with Crippen molar-refractivity contribution in [1.82, 2.24) is 0 Å². The van der Waals surface area contributed by atoms with Crippen LogP contribution in [0.15, 0.2) is 18.2 Å². The fourth-order valence-electron chi connectivity index (χ4n) is 2.33. The van der Waals surface area contributed by atoms with Gasteiger partial charge in [0.05, 0.1) is 5.56 Å². The second-order valence-corrected chi connectivity index (χ2v) is 5.53. The van der Waals surface area contributed by atoms with Gasteiger partial charge in [-0.25, -0.2) is 4.39 Å². The second-order valence-electron chi connectivity index (χ2n) is 5.53. The third-order valence-electron chi connectivity index (χ3n) is 3.64. The largest absolute Gasteiger partial charge is 0.330 e. The lowest BCUT2D eigenvalue weighted by molar-refractivity contribution is 0.0965. The van der Waals surface area contributed by atoms with Gasteiger partial charge in [-0.15, -0.1) is 0 Å². The maximum atomic E-state index is 13.6. The van der Waals surface area contributed by atoms with Crippen molar-refractivity contribution in [2.45, 2.75) is 40.0 Å². The molecule has 0 aliphatic heterocycles. The van der Waals surface area contributed by atoms with Crippen molar-refractivity contribution in [3.05, 3.63) is 35.1 Å². The van der Waals surface area contributed by atoms with E-state index in [-0.39, 0.29) is 11.3 Å². The molecule has 0 bridgehead atoms. The van der Waals surface area contributed by atoms with Crippen LogP contribution < -0.4 is 5.73 Å². The van der Waals surface area contributed by atoms with Crippen molar-refractivity contribution in [1.29, 1.82) is 0 Å². The van der Waals surface area contributed by atoms with Gasteiger partial charge in [0, 0.05) is 6.42 Å². The third-order valence-corrected chi connectivity index (χ3v) is 3.64. The lowest BCUT2D eigenvalue weighted by Gasteiger charge is -2.19. The summed E-state index contributed by atoms with van der Waals surface area (Å²) in [6.45, 7) is 6.77. The van der Waals surface area contributed by atoms with Gasteiger partial charge in [0.15, 0.2) is 5.78 Å². The summed E-state index contributed by atoms with van der Waals surface area (Å²) in [7, 11) is 0. The first-order chi connectivity index (χ1) is 8.95. The van der Waals surface area contributed by atoms with Gasteiger partial charge in [0.25, 0.3) is 0 Å². The lowest BCUT2D eigenvalue weighted by Crippen LogP contribution is -2.16. The molecule has 1 rings (SSSR count). The zero-order valence-corrected chi connectivity index (χ0v) is 12.1. The summed E-state index contributed by atoms with van der Waals surface area (Å²) >= 11 is 0. The number of benzene rings is 1. The Balaban J connectivity index is 2.66. The number of hydrogen-bond donors (Lipinski definition) is 1. The van der Waals surface area contributed by atoms with Gasteiger partial charge in [-0.3, -0.25) is 4.79 Å². The van der Waals surface area contributed by atoms with Crippen LogP contribution in [0, 0.1) is 24.6 Å². The van der Waals surface area contributed by atoms with E-state index in [1.165, 1.54) is 6.07 Å². The minimum absolute atomic E-state index is 0.108. The summed E-state index contributed by atoms with van der Waals surface area (Å²) in [5.74, 6) is 0.403. The molecule has 0 heterocycles. The van der Waals surface area contributed by atoms with Crippen molar-refractivity contribution < 1.29 is 9.18 Å². The molecule has 2 N–H and O–H groups in total. The highest BCUT2D eigenvalue weighted by molar-refractivity contribution is 5.96. The zero-order valence-electron chi connectivity index (χ0n) is 12.1.